The maximum Gasteiger partial charge on any atom is 0.149 e. The number of aliphatic imine (C=N–C) groups is 1. The first-order chi connectivity index (χ1) is 9.14. The molecule has 0 aromatic rings. The fourth-order valence-corrected chi connectivity index (χ4v) is 0.484. The molecule has 0 bridgehead atoms. The van der Waals surface area contributed by atoms with Crippen molar-refractivity contribution in [1.29, 1.82) is 0 Å². The number of hydrogen-bond acceptors (Lipinski definition) is 1. The Morgan fingerprint density at radius 2 is 1.20 bits per heavy atom. The van der Waals surface area contributed by atoms with Gasteiger partial charge in [-0.3, -0.25) is 4.99 Å². The van der Waals surface area contributed by atoms with Crippen LogP contribution in [0.15, 0.2) is 22.9 Å². The van der Waals surface area contributed by atoms with E-state index >= 15 is 0 Å². The summed E-state index contributed by atoms with van der Waals surface area (Å²) in [6.07, 6.45) is 13.0. The fraction of sp³-hybridized carbons (Fsp3) is 0.765. The second-order valence-corrected chi connectivity index (χ2v) is 4.62. The van der Waals surface area contributed by atoms with Crippen molar-refractivity contribution in [2.24, 2.45) is 4.99 Å². The van der Waals surface area contributed by atoms with Crippen molar-refractivity contribution in [3.05, 3.63) is 17.9 Å². The first-order valence-corrected chi connectivity index (χ1v) is 8.16. The van der Waals surface area contributed by atoms with Gasteiger partial charge < -0.3 is 0 Å². The van der Waals surface area contributed by atoms with E-state index in [1.165, 1.54) is 38.5 Å². The molecule has 4 radical (unpaired) electrons. The summed E-state index contributed by atoms with van der Waals surface area (Å²) in [6, 6.07) is 0. The van der Waals surface area contributed by atoms with E-state index in [9.17, 15) is 0 Å². The minimum atomic E-state index is -0.190. The molecule has 0 aliphatic carbocycles. The third-order valence-corrected chi connectivity index (χ3v) is 2.37. The molecule has 0 spiro atoms. The average Bonchev–Trinajstić information content (AvgIpc) is 2.48. The molecule has 0 amide bonds. The largest absolute Gasteiger partial charge is 0.268 e. The van der Waals surface area contributed by atoms with E-state index in [1.807, 2.05) is 0 Å². The van der Waals surface area contributed by atoms with Gasteiger partial charge in [0.1, 0.15) is 5.50 Å². The minimum Gasteiger partial charge on any atom is -0.268 e. The van der Waals surface area contributed by atoms with Gasteiger partial charge in [0.15, 0.2) is 0 Å². The predicted octanol–water partition coefficient (Wildman–Crippen LogP) is 6.39. The van der Waals surface area contributed by atoms with Gasteiger partial charge in [0.05, 0.1) is 0 Å². The molecule has 118 valence electrons. The van der Waals surface area contributed by atoms with Crippen molar-refractivity contribution in [3.63, 3.8) is 0 Å². The molecular weight excluding hydrogens is 372 g/mol. The smallest absolute Gasteiger partial charge is 0.149 e. The van der Waals surface area contributed by atoms with Gasteiger partial charge in [0, 0.05) is 30.1 Å². The quantitative estimate of drug-likeness (QED) is 0.223. The van der Waals surface area contributed by atoms with Crippen LogP contribution < -0.4 is 0 Å². The Morgan fingerprint density at radius 3 is 1.30 bits per heavy atom. The van der Waals surface area contributed by atoms with Crippen LogP contribution in [0.3, 0.4) is 0 Å². The van der Waals surface area contributed by atoms with E-state index < -0.39 is 0 Å². The second-order valence-electron chi connectivity index (χ2n) is 4.17. The van der Waals surface area contributed by atoms with E-state index in [0.717, 1.165) is 0 Å². The molecule has 3 heteroatoms. The van der Waals surface area contributed by atoms with E-state index in [2.05, 4.69) is 52.3 Å². The van der Waals surface area contributed by atoms with E-state index in [-0.39, 0.29) is 29.4 Å². The number of rotatable bonds is 3. The molecule has 1 aliphatic heterocycles. The van der Waals surface area contributed by atoms with Crippen molar-refractivity contribution < 1.29 is 0 Å². The molecule has 1 heterocycles. The number of unbranched alkanes of at least 4 members (excludes halogenated alkanes) is 3. The van der Waals surface area contributed by atoms with Crippen LogP contribution in [0.1, 0.15) is 80.1 Å². The van der Waals surface area contributed by atoms with E-state index in [1.54, 1.807) is 18.4 Å². The van der Waals surface area contributed by atoms with Gasteiger partial charge in [0.25, 0.3) is 0 Å². The van der Waals surface area contributed by atoms with Crippen molar-refractivity contribution in [3.8, 4) is 0 Å². The normalized spacial score (nSPS) is 13.7. The van der Waals surface area contributed by atoms with Crippen molar-refractivity contribution in [2.75, 3.05) is 0 Å². The topological polar surface area (TPSA) is 12.4 Å². The van der Waals surface area contributed by atoms with E-state index in [4.69, 9.17) is 11.6 Å². The standard InChI is InChI=1S/C5H4ClN.3C4H10.Sn/c6-5-3-1-2-4-7-5;3*1-3-4-2;/h2-5H;3*3-4H2,1-2H3;. The molecule has 0 fully saturated rings. The Kier molecular flexibility index (Phi) is 44.9. The molecule has 1 rings (SSSR count). The van der Waals surface area contributed by atoms with Crippen LogP contribution in [-0.2, 0) is 0 Å². The second kappa shape index (κ2) is 31.6. The summed E-state index contributed by atoms with van der Waals surface area (Å²) in [4.78, 5) is 3.80. The van der Waals surface area contributed by atoms with Crippen LogP contribution >= 0.6 is 11.6 Å². The third kappa shape index (κ3) is 42.9. The predicted molar refractivity (Wildman–Crippen MR) is 98.3 cm³/mol. The van der Waals surface area contributed by atoms with Crippen LogP contribution in [0.25, 0.3) is 0 Å². The summed E-state index contributed by atoms with van der Waals surface area (Å²) in [5.41, 5.74) is 2.61. The molecule has 0 saturated heterocycles. The Balaban J connectivity index is -0.0000000881. The summed E-state index contributed by atoms with van der Waals surface area (Å²) in [7, 11) is 0. The van der Waals surface area contributed by atoms with E-state index in [0.29, 0.717) is 0 Å². The van der Waals surface area contributed by atoms with Crippen LogP contribution in [0, 0.1) is 0 Å². The summed E-state index contributed by atoms with van der Waals surface area (Å²) in [6.45, 7) is 13.1. The van der Waals surface area contributed by atoms with Crippen LogP contribution in [0.4, 0.5) is 0 Å². The molecule has 1 nitrogen and oxygen atoms in total. The Morgan fingerprint density at radius 1 is 0.850 bits per heavy atom. The Labute approximate surface area is 149 Å². The molecule has 0 N–H and O–H groups in total. The van der Waals surface area contributed by atoms with Gasteiger partial charge in [0.2, 0.25) is 0 Å². The summed E-state index contributed by atoms with van der Waals surface area (Å²) < 4.78 is 0. The first-order valence-electron chi connectivity index (χ1n) is 7.72. The number of halogens is 1. The zero-order valence-electron chi connectivity index (χ0n) is 14.4. The molecule has 0 saturated carbocycles. The van der Waals surface area contributed by atoms with Crippen molar-refractivity contribution >= 4 is 41.7 Å². The van der Waals surface area contributed by atoms with Crippen molar-refractivity contribution in [1.82, 2.24) is 0 Å². The Hall–Kier alpha value is 0.279. The van der Waals surface area contributed by atoms with Crippen molar-refractivity contribution in [2.45, 2.75) is 85.6 Å². The zero-order valence-corrected chi connectivity index (χ0v) is 18.0. The summed E-state index contributed by atoms with van der Waals surface area (Å²) in [5, 5.41) is 0. The minimum absolute atomic E-state index is 0. The van der Waals surface area contributed by atoms with Gasteiger partial charge >= 0.3 is 0 Å². The number of alkyl halides is 1. The van der Waals surface area contributed by atoms with Gasteiger partial charge in [-0.25, -0.2) is 0 Å². The summed E-state index contributed by atoms with van der Waals surface area (Å²) in [5.74, 6) is 0. The van der Waals surface area contributed by atoms with Crippen LogP contribution in [-0.4, -0.2) is 35.6 Å². The molecular formula is C17H34ClNSn. The molecule has 1 unspecified atom stereocenters. The van der Waals surface area contributed by atoms with Gasteiger partial charge in [-0.1, -0.05) is 91.7 Å². The number of hydrogen-bond donors (Lipinski definition) is 0. The molecule has 1 aliphatic rings. The molecule has 20 heavy (non-hydrogen) atoms. The Bertz CT molecular complexity index is 206. The molecule has 1 atom stereocenters. The SMILES string of the molecule is CCCC.CCCC.CCCC.ClC1C=C=CC=N1.[Sn]. The number of nitrogens with zero attached hydrogens (tertiary/aromatic N) is 1. The maximum absolute atomic E-state index is 5.48. The van der Waals surface area contributed by atoms with Gasteiger partial charge in [-0.15, -0.1) is 5.73 Å². The van der Waals surface area contributed by atoms with Gasteiger partial charge in [-0.2, -0.15) is 0 Å². The molecule has 0 aromatic heterocycles. The fourth-order valence-electron chi connectivity index (χ4n) is 0.346. The monoisotopic (exact) mass is 407 g/mol. The first kappa shape index (κ1) is 28.4. The van der Waals surface area contributed by atoms with Crippen LogP contribution in [0.5, 0.6) is 0 Å². The summed E-state index contributed by atoms with van der Waals surface area (Å²) >= 11 is 5.48. The zero-order chi connectivity index (χ0) is 15.4. The maximum atomic E-state index is 5.48. The average molecular weight is 407 g/mol. The van der Waals surface area contributed by atoms with Crippen LogP contribution in [0.2, 0.25) is 0 Å². The molecule has 0 aromatic carbocycles. The third-order valence-electron chi connectivity index (χ3n) is 2.13. The van der Waals surface area contributed by atoms with Gasteiger partial charge in [-0.05, 0) is 12.2 Å².